The Labute approximate surface area is 115 Å². The summed E-state index contributed by atoms with van der Waals surface area (Å²) in [7, 11) is 0. The van der Waals surface area contributed by atoms with Crippen molar-refractivity contribution in [3.8, 4) is 6.07 Å². The maximum Gasteiger partial charge on any atom is 0.127 e. The number of hydrogen-bond donors (Lipinski definition) is 1. The Morgan fingerprint density at radius 3 is 2.79 bits per heavy atom. The zero-order chi connectivity index (χ0) is 13.7. The van der Waals surface area contributed by atoms with Crippen molar-refractivity contribution in [3.63, 3.8) is 0 Å². The molecule has 0 amide bonds. The molecule has 98 valence electrons. The number of nitrogens with zero attached hydrogens (tertiary/aromatic N) is 2. The van der Waals surface area contributed by atoms with E-state index in [1.54, 1.807) is 29.9 Å². The summed E-state index contributed by atoms with van der Waals surface area (Å²) in [5.74, 6) is -1.24. The average molecular weight is 276 g/mol. The molecule has 0 aliphatic heterocycles. The molecule has 1 heterocycles. The molecule has 0 aliphatic carbocycles. The molecule has 2 aromatic rings. The summed E-state index contributed by atoms with van der Waals surface area (Å²) in [6, 6.07) is 8.44. The van der Waals surface area contributed by atoms with Crippen molar-refractivity contribution >= 4 is 11.3 Å². The number of aromatic nitrogens is 1. The smallest absolute Gasteiger partial charge is 0.127 e. The molecule has 2 rings (SSSR count). The number of halogens is 1. The fourth-order valence-corrected chi connectivity index (χ4v) is 2.92. The molecule has 0 radical (unpaired) electrons. The van der Waals surface area contributed by atoms with E-state index in [1.807, 2.05) is 0 Å². The van der Waals surface area contributed by atoms with E-state index < -0.39 is 5.92 Å². The van der Waals surface area contributed by atoms with E-state index in [0.717, 1.165) is 4.88 Å². The lowest BCUT2D eigenvalue weighted by Crippen LogP contribution is -2.12. The van der Waals surface area contributed by atoms with Crippen LogP contribution in [0.5, 0.6) is 0 Å². The van der Waals surface area contributed by atoms with Crippen LogP contribution in [0.3, 0.4) is 0 Å². The highest BCUT2D eigenvalue weighted by Crippen LogP contribution is 2.37. The molecule has 0 bridgehead atoms. The molecule has 19 heavy (non-hydrogen) atoms. The Kier molecular flexibility index (Phi) is 4.61. The quantitative estimate of drug-likeness (QED) is 0.913. The summed E-state index contributed by atoms with van der Waals surface area (Å²) in [5.41, 5.74) is 2.05. The van der Waals surface area contributed by atoms with Crippen molar-refractivity contribution in [3.05, 3.63) is 52.2 Å². The van der Waals surface area contributed by atoms with Crippen LogP contribution in [0.1, 0.15) is 28.7 Å². The lowest BCUT2D eigenvalue weighted by molar-refractivity contribution is 0.272. The lowest BCUT2D eigenvalue weighted by Gasteiger charge is -2.20. The lowest BCUT2D eigenvalue weighted by atomic mass is 9.84. The van der Waals surface area contributed by atoms with Crippen LogP contribution < -0.4 is 0 Å². The number of rotatable bonds is 5. The second-order valence-corrected chi connectivity index (χ2v) is 5.07. The van der Waals surface area contributed by atoms with Gasteiger partial charge in [-0.05, 0) is 12.5 Å². The van der Waals surface area contributed by atoms with Gasteiger partial charge in [0.2, 0.25) is 0 Å². The molecular formula is C14H13FN2OS. The molecule has 3 nitrogen and oxygen atoms in total. The number of benzene rings is 1. The van der Waals surface area contributed by atoms with Crippen molar-refractivity contribution in [1.29, 1.82) is 5.26 Å². The number of aliphatic hydroxyl groups is 1. The van der Waals surface area contributed by atoms with Crippen molar-refractivity contribution < 1.29 is 9.50 Å². The van der Waals surface area contributed by atoms with E-state index in [9.17, 15) is 14.8 Å². The van der Waals surface area contributed by atoms with Gasteiger partial charge in [-0.1, -0.05) is 18.2 Å². The Morgan fingerprint density at radius 2 is 2.21 bits per heavy atom. The molecular weight excluding hydrogens is 263 g/mol. The first-order valence-corrected chi connectivity index (χ1v) is 6.79. The Hall–Kier alpha value is -1.77. The highest BCUT2D eigenvalue weighted by molar-refractivity contribution is 7.09. The minimum absolute atomic E-state index is 0.0464. The summed E-state index contributed by atoms with van der Waals surface area (Å²) in [6.45, 7) is -0.0464. The molecule has 0 fully saturated rings. The topological polar surface area (TPSA) is 56.9 Å². The Morgan fingerprint density at radius 1 is 1.42 bits per heavy atom. The van der Waals surface area contributed by atoms with Crippen LogP contribution in [0.4, 0.5) is 4.39 Å². The third-order valence-electron chi connectivity index (χ3n) is 3.04. The number of nitriles is 1. The first-order valence-electron chi connectivity index (χ1n) is 5.91. The van der Waals surface area contributed by atoms with Crippen LogP contribution in [0.15, 0.2) is 36.0 Å². The summed E-state index contributed by atoms with van der Waals surface area (Å²) >= 11 is 1.42. The summed E-state index contributed by atoms with van der Waals surface area (Å²) in [4.78, 5) is 4.88. The number of thiazole rings is 1. The zero-order valence-corrected chi connectivity index (χ0v) is 11.0. The van der Waals surface area contributed by atoms with Gasteiger partial charge in [0.25, 0.3) is 0 Å². The molecule has 0 saturated carbocycles. The second-order valence-electron chi connectivity index (χ2n) is 4.15. The van der Waals surface area contributed by atoms with Crippen LogP contribution in [-0.2, 0) is 0 Å². The van der Waals surface area contributed by atoms with E-state index in [0.29, 0.717) is 12.0 Å². The average Bonchev–Trinajstić information content (AvgIpc) is 2.94. The maximum absolute atomic E-state index is 13.8. The van der Waals surface area contributed by atoms with Gasteiger partial charge in [-0.15, -0.1) is 11.3 Å². The van der Waals surface area contributed by atoms with Gasteiger partial charge in [0.05, 0.1) is 17.5 Å². The molecule has 1 aromatic carbocycles. The predicted molar refractivity (Wildman–Crippen MR) is 71.3 cm³/mol. The van der Waals surface area contributed by atoms with Crippen molar-refractivity contribution in [2.75, 3.05) is 6.61 Å². The third-order valence-corrected chi connectivity index (χ3v) is 3.95. The molecule has 0 unspecified atom stereocenters. The monoisotopic (exact) mass is 276 g/mol. The van der Waals surface area contributed by atoms with E-state index in [1.165, 1.54) is 17.4 Å². The number of hydrogen-bond acceptors (Lipinski definition) is 4. The van der Waals surface area contributed by atoms with Gasteiger partial charge in [0, 0.05) is 29.2 Å². The Balaban J connectivity index is 2.39. The summed E-state index contributed by atoms with van der Waals surface area (Å²) in [5, 5.41) is 18.6. The fourth-order valence-electron chi connectivity index (χ4n) is 2.12. The van der Waals surface area contributed by atoms with E-state index in [-0.39, 0.29) is 18.3 Å². The molecule has 5 heteroatoms. The van der Waals surface area contributed by atoms with E-state index in [2.05, 4.69) is 11.1 Å². The van der Waals surface area contributed by atoms with Crippen molar-refractivity contribution in [2.45, 2.75) is 18.3 Å². The van der Waals surface area contributed by atoms with Crippen LogP contribution in [-0.4, -0.2) is 16.7 Å². The third kappa shape index (κ3) is 2.98. The van der Waals surface area contributed by atoms with Gasteiger partial charge in [0.1, 0.15) is 5.82 Å². The SMILES string of the molecule is N#C[C@H](c1ccccc1F)[C@@H](CCO)c1cncs1. The van der Waals surface area contributed by atoms with Crippen molar-refractivity contribution in [1.82, 2.24) is 4.98 Å². The van der Waals surface area contributed by atoms with E-state index >= 15 is 0 Å². The minimum Gasteiger partial charge on any atom is -0.396 e. The fraction of sp³-hybridized carbons (Fsp3) is 0.286. The summed E-state index contributed by atoms with van der Waals surface area (Å²) in [6.07, 6.45) is 2.09. The molecule has 0 saturated heterocycles. The largest absolute Gasteiger partial charge is 0.396 e. The predicted octanol–water partition coefficient (Wildman–Crippen LogP) is 3.06. The van der Waals surface area contributed by atoms with Gasteiger partial charge >= 0.3 is 0 Å². The van der Waals surface area contributed by atoms with Gasteiger partial charge in [-0.2, -0.15) is 5.26 Å². The second kappa shape index (κ2) is 6.41. The highest BCUT2D eigenvalue weighted by Gasteiger charge is 2.27. The van der Waals surface area contributed by atoms with Gasteiger partial charge in [0.15, 0.2) is 0 Å². The minimum atomic E-state index is -0.617. The van der Waals surface area contributed by atoms with Crippen LogP contribution in [0.2, 0.25) is 0 Å². The van der Waals surface area contributed by atoms with E-state index in [4.69, 9.17) is 0 Å². The van der Waals surface area contributed by atoms with Crippen LogP contribution in [0, 0.1) is 17.1 Å². The molecule has 2 atom stereocenters. The molecule has 1 aromatic heterocycles. The first kappa shape index (κ1) is 13.7. The van der Waals surface area contributed by atoms with Gasteiger partial charge < -0.3 is 5.11 Å². The summed E-state index contributed by atoms with van der Waals surface area (Å²) < 4.78 is 13.8. The van der Waals surface area contributed by atoms with Gasteiger partial charge in [-0.3, -0.25) is 4.98 Å². The normalized spacial score (nSPS) is 13.7. The zero-order valence-electron chi connectivity index (χ0n) is 10.2. The standard InChI is InChI=1S/C14H13FN2OS/c15-13-4-2-1-3-10(13)12(7-16)11(5-6-18)14-8-17-9-19-14/h1-4,8-9,11-12,18H,5-6H2/t11-,12-/m1/s1. The Bertz CT molecular complexity index is 565. The molecule has 0 spiro atoms. The highest BCUT2D eigenvalue weighted by atomic mass is 32.1. The van der Waals surface area contributed by atoms with Crippen molar-refractivity contribution in [2.24, 2.45) is 0 Å². The van der Waals surface area contributed by atoms with Gasteiger partial charge in [-0.25, -0.2) is 4.39 Å². The molecule has 0 aliphatic rings. The number of aliphatic hydroxyl groups excluding tert-OH is 1. The van der Waals surface area contributed by atoms with Crippen LogP contribution in [0.25, 0.3) is 0 Å². The maximum atomic E-state index is 13.8. The van der Waals surface area contributed by atoms with Crippen LogP contribution >= 0.6 is 11.3 Å². The molecule has 1 N–H and O–H groups in total. The first-order chi connectivity index (χ1) is 9.27.